The third-order valence-corrected chi connectivity index (χ3v) is 9.65. The summed E-state index contributed by atoms with van der Waals surface area (Å²) in [4.78, 5) is 27.0. The first kappa shape index (κ1) is 32.3. The summed E-state index contributed by atoms with van der Waals surface area (Å²) >= 11 is 0. The van der Waals surface area contributed by atoms with Gasteiger partial charge in [0.2, 0.25) is 0 Å². The van der Waals surface area contributed by atoms with Crippen LogP contribution in [-0.2, 0) is 16.0 Å². The molecular weight excluding hydrogens is 610 g/mol. The van der Waals surface area contributed by atoms with Crippen LogP contribution in [0, 0.1) is 5.92 Å². The van der Waals surface area contributed by atoms with E-state index in [2.05, 4.69) is 15.2 Å². The smallest absolute Gasteiger partial charge is 0.410 e. The van der Waals surface area contributed by atoms with Crippen molar-refractivity contribution in [3.63, 3.8) is 0 Å². The van der Waals surface area contributed by atoms with Crippen molar-refractivity contribution in [2.45, 2.75) is 96.6 Å². The molecule has 4 aromatic rings. The molecule has 256 valence electrons. The zero-order valence-corrected chi connectivity index (χ0v) is 28.5. The van der Waals surface area contributed by atoms with Gasteiger partial charge >= 0.3 is 6.09 Å². The van der Waals surface area contributed by atoms with Gasteiger partial charge in [0.25, 0.3) is 0 Å². The Morgan fingerprint density at radius 2 is 1.92 bits per heavy atom. The maximum Gasteiger partial charge on any atom is 0.410 e. The average molecular weight is 658 g/mol. The van der Waals surface area contributed by atoms with Crippen LogP contribution < -0.4 is 9.64 Å². The minimum absolute atomic E-state index is 0.0784. The first-order chi connectivity index (χ1) is 23.2. The Balaban J connectivity index is 1.04. The zero-order chi connectivity index (χ0) is 33.3. The topological polar surface area (TPSA) is 126 Å². The number of fused-ring (bicyclic) bond motifs is 1. The Labute approximate surface area is 281 Å². The number of benzene rings is 1. The molecular formula is C35H47N9O4. The molecule has 2 saturated heterocycles. The third kappa shape index (κ3) is 7.11. The molecule has 0 bridgehead atoms. The van der Waals surface area contributed by atoms with Gasteiger partial charge in [-0.1, -0.05) is 11.6 Å². The molecule has 2 unspecified atom stereocenters. The highest BCUT2D eigenvalue weighted by Crippen LogP contribution is 2.35. The van der Waals surface area contributed by atoms with Crippen LogP contribution in [0.25, 0.3) is 22.2 Å². The third-order valence-electron chi connectivity index (χ3n) is 9.65. The van der Waals surface area contributed by atoms with Crippen molar-refractivity contribution < 1.29 is 19.0 Å². The molecule has 13 nitrogen and oxygen atoms in total. The van der Waals surface area contributed by atoms with Crippen molar-refractivity contribution in [2.75, 3.05) is 38.3 Å². The van der Waals surface area contributed by atoms with E-state index in [1.54, 1.807) is 18.0 Å². The van der Waals surface area contributed by atoms with Gasteiger partial charge in [-0.2, -0.15) is 5.10 Å². The first-order valence-corrected chi connectivity index (χ1v) is 17.4. The van der Waals surface area contributed by atoms with E-state index in [9.17, 15) is 4.79 Å². The van der Waals surface area contributed by atoms with Crippen LogP contribution in [0.5, 0.6) is 5.75 Å². The molecule has 1 amide bonds. The van der Waals surface area contributed by atoms with Crippen molar-refractivity contribution in [1.29, 1.82) is 0 Å². The molecule has 5 heterocycles. The van der Waals surface area contributed by atoms with E-state index >= 15 is 0 Å². The molecule has 3 aliphatic rings. The number of piperidine rings is 1. The highest BCUT2D eigenvalue weighted by Gasteiger charge is 2.35. The predicted octanol–water partition coefficient (Wildman–Crippen LogP) is 5.85. The van der Waals surface area contributed by atoms with Crippen molar-refractivity contribution in [2.24, 2.45) is 5.92 Å². The summed E-state index contributed by atoms with van der Waals surface area (Å²) in [6, 6.07) is 4.05. The van der Waals surface area contributed by atoms with Crippen molar-refractivity contribution >= 4 is 22.8 Å². The van der Waals surface area contributed by atoms with Crippen LogP contribution in [0.1, 0.15) is 84.1 Å². The minimum atomic E-state index is -0.525. The van der Waals surface area contributed by atoms with E-state index in [1.165, 1.54) is 19.3 Å². The van der Waals surface area contributed by atoms with Crippen LogP contribution in [0.15, 0.2) is 36.9 Å². The van der Waals surface area contributed by atoms with Gasteiger partial charge in [0.1, 0.15) is 22.9 Å². The minimum Gasteiger partial charge on any atom is -0.497 e. The maximum absolute atomic E-state index is 13.3. The number of methoxy groups -OCH3 is 1. The van der Waals surface area contributed by atoms with Crippen LogP contribution in [-0.4, -0.2) is 90.7 Å². The molecule has 1 aromatic carbocycles. The zero-order valence-electron chi connectivity index (χ0n) is 28.5. The Hall–Kier alpha value is -4.26. The molecule has 0 spiro atoms. The Morgan fingerprint density at radius 3 is 2.62 bits per heavy atom. The number of hydrogen-bond acceptors (Lipinski definition) is 10. The standard InChI is InChI=1S/C35H47N9O4/c1-35(2,3)48-34(45)43(20-24-9-7-10-24)26-11-8-13-41(22-26)32-19-36-25(17-37-32)21-42-23-30(39-40-42)28-15-27(46-4)16-31-29(28)18-38-44(31)33-12-5-6-14-47-33/h15-19,23-24,26,33H,5-14,20-22H2,1-4H3. The first-order valence-electron chi connectivity index (χ1n) is 17.4. The SMILES string of the molecule is COc1cc(-c2cn(Cc3cnc(N4CCCC(N(CC5CCC5)C(=O)OC(C)(C)C)C4)cn3)nn2)c2cnn(C3CCCCO3)c2c1. The number of amides is 1. The van der Waals surface area contributed by atoms with Gasteiger partial charge in [0.05, 0.1) is 55.7 Å². The number of nitrogens with zero attached hydrogens (tertiary/aromatic N) is 9. The summed E-state index contributed by atoms with van der Waals surface area (Å²) < 4.78 is 21.2. The van der Waals surface area contributed by atoms with Crippen molar-refractivity contribution in [1.82, 2.24) is 39.6 Å². The van der Waals surface area contributed by atoms with Crippen LogP contribution >= 0.6 is 0 Å². The average Bonchev–Trinajstić information content (AvgIpc) is 3.71. The number of carbonyl (C=O) groups excluding carboxylic acids is 1. The summed E-state index contributed by atoms with van der Waals surface area (Å²) in [6.07, 6.45) is 15.8. The van der Waals surface area contributed by atoms with Crippen LogP contribution in [0.3, 0.4) is 0 Å². The van der Waals surface area contributed by atoms with E-state index in [-0.39, 0.29) is 18.4 Å². The fourth-order valence-electron chi connectivity index (χ4n) is 6.92. The van der Waals surface area contributed by atoms with Gasteiger partial charge in [0.15, 0.2) is 6.23 Å². The van der Waals surface area contributed by atoms with Crippen molar-refractivity contribution in [3.05, 3.63) is 42.6 Å². The van der Waals surface area contributed by atoms with Gasteiger partial charge in [-0.3, -0.25) is 4.98 Å². The Morgan fingerprint density at radius 1 is 1.04 bits per heavy atom. The van der Waals surface area contributed by atoms with E-state index < -0.39 is 5.60 Å². The van der Waals surface area contributed by atoms with E-state index in [1.807, 2.05) is 61.1 Å². The molecule has 1 aliphatic carbocycles. The van der Waals surface area contributed by atoms with Gasteiger partial charge in [-0.15, -0.1) is 5.10 Å². The summed E-state index contributed by atoms with van der Waals surface area (Å²) in [6.45, 7) is 9.31. The lowest BCUT2D eigenvalue weighted by Crippen LogP contribution is -2.53. The number of anilines is 1. The van der Waals surface area contributed by atoms with Crippen LogP contribution in [0.2, 0.25) is 0 Å². The van der Waals surface area contributed by atoms with Gasteiger partial charge in [0, 0.05) is 43.3 Å². The maximum atomic E-state index is 13.3. The molecule has 2 aliphatic heterocycles. The fraction of sp³-hybridized carbons (Fsp3) is 0.600. The van der Waals surface area contributed by atoms with Gasteiger partial charge in [-0.05, 0) is 77.7 Å². The highest BCUT2D eigenvalue weighted by molar-refractivity contribution is 5.95. The highest BCUT2D eigenvalue weighted by atomic mass is 16.6. The Bertz CT molecular complexity index is 1700. The molecule has 3 fully saturated rings. The summed E-state index contributed by atoms with van der Waals surface area (Å²) in [5.41, 5.74) is 2.83. The Kier molecular flexibility index (Phi) is 9.21. The van der Waals surface area contributed by atoms with E-state index in [0.717, 1.165) is 91.2 Å². The van der Waals surface area contributed by atoms with E-state index in [4.69, 9.17) is 29.3 Å². The molecule has 48 heavy (non-hydrogen) atoms. The number of hydrogen-bond donors (Lipinski definition) is 0. The summed E-state index contributed by atoms with van der Waals surface area (Å²) in [5, 5.41) is 14.6. The summed E-state index contributed by atoms with van der Waals surface area (Å²) in [7, 11) is 1.67. The summed E-state index contributed by atoms with van der Waals surface area (Å²) in [5.74, 6) is 2.10. The second kappa shape index (κ2) is 13.7. The number of carbonyl (C=O) groups is 1. The number of ether oxygens (including phenoxy) is 3. The van der Waals surface area contributed by atoms with Gasteiger partial charge < -0.3 is 24.0 Å². The lowest BCUT2D eigenvalue weighted by atomic mass is 9.84. The number of rotatable bonds is 9. The van der Waals surface area contributed by atoms with Crippen LogP contribution in [0.4, 0.5) is 10.6 Å². The monoisotopic (exact) mass is 657 g/mol. The lowest BCUT2D eigenvalue weighted by molar-refractivity contribution is -0.0366. The molecule has 0 N–H and O–H groups in total. The molecule has 13 heteroatoms. The van der Waals surface area contributed by atoms with E-state index in [0.29, 0.717) is 19.0 Å². The lowest BCUT2D eigenvalue weighted by Gasteiger charge is -2.42. The van der Waals surface area contributed by atoms with Crippen molar-refractivity contribution in [3.8, 4) is 17.0 Å². The molecule has 0 radical (unpaired) electrons. The fourth-order valence-corrected chi connectivity index (χ4v) is 6.92. The second-order valence-electron chi connectivity index (χ2n) is 14.4. The normalized spacial score (nSPS) is 20.5. The molecule has 3 aromatic heterocycles. The second-order valence-corrected chi connectivity index (χ2v) is 14.4. The number of aromatic nitrogens is 7. The molecule has 7 rings (SSSR count). The largest absolute Gasteiger partial charge is 0.497 e. The van der Waals surface area contributed by atoms with Gasteiger partial charge in [-0.25, -0.2) is 19.1 Å². The predicted molar refractivity (Wildman–Crippen MR) is 181 cm³/mol. The molecule has 1 saturated carbocycles. The quantitative estimate of drug-likeness (QED) is 0.217. The molecule has 2 atom stereocenters.